The van der Waals surface area contributed by atoms with E-state index in [0.717, 1.165) is 24.1 Å². The number of sulfone groups is 1. The van der Waals surface area contributed by atoms with E-state index in [9.17, 15) is 8.42 Å². The number of benzene rings is 1. The van der Waals surface area contributed by atoms with E-state index in [4.69, 9.17) is 0 Å². The predicted molar refractivity (Wildman–Crippen MR) is 106 cm³/mol. The average Bonchev–Trinajstić information content (AvgIpc) is 3.05. The van der Waals surface area contributed by atoms with Gasteiger partial charge in [-0.15, -0.1) is 0 Å². The first-order valence-corrected chi connectivity index (χ1v) is 11.1. The van der Waals surface area contributed by atoms with Crippen LogP contribution in [0.4, 0.5) is 0 Å². The Labute approximate surface area is 159 Å². The lowest BCUT2D eigenvalue weighted by Gasteiger charge is -2.23. The van der Waals surface area contributed by atoms with Crippen molar-refractivity contribution in [2.75, 3.05) is 39.0 Å². The molecule has 1 aliphatic heterocycles. The van der Waals surface area contributed by atoms with Crippen LogP contribution < -0.4 is 10.6 Å². The molecule has 0 aliphatic carbocycles. The van der Waals surface area contributed by atoms with Gasteiger partial charge in [0.05, 0.1) is 10.6 Å². The highest BCUT2D eigenvalue weighted by Gasteiger charge is 2.22. The summed E-state index contributed by atoms with van der Waals surface area (Å²) in [6.45, 7) is 5.54. The van der Waals surface area contributed by atoms with Crippen LogP contribution in [-0.2, 0) is 9.84 Å². The molecule has 25 heavy (non-hydrogen) atoms. The van der Waals surface area contributed by atoms with Crippen LogP contribution in [0.3, 0.4) is 0 Å². The Morgan fingerprint density at radius 2 is 2.04 bits per heavy atom. The Kier molecular flexibility index (Phi) is 7.71. The van der Waals surface area contributed by atoms with Crippen LogP contribution in [0.25, 0.3) is 0 Å². The van der Waals surface area contributed by atoms with Crippen molar-refractivity contribution in [1.82, 2.24) is 15.5 Å². The van der Waals surface area contributed by atoms with Gasteiger partial charge in [0, 0.05) is 30.7 Å². The van der Waals surface area contributed by atoms with Crippen LogP contribution in [-0.4, -0.2) is 64.3 Å². The number of nitrogens with zero attached hydrogens (tertiary/aromatic N) is 2. The summed E-state index contributed by atoms with van der Waals surface area (Å²) in [6.07, 6.45) is 2.42. The molecule has 1 atom stereocenters. The standard InChI is InChI=1S/C17H27BrN4O2S/c1-3-22-11-4-5-15(22)13-21-17(19-2)20-10-12-25(23,24)16-8-6-14(18)7-9-16/h6-9,15H,3-5,10-13H2,1-2H3,(H2,19,20,21). The van der Waals surface area contributed by atoms with E-state index < -0.39 is 9.84 Å². The lowest BCUT2D eigenvalue weighted by atomic mass is 10.2. The first kappa shape index (κ1) is 20.2. The molecule has 1 aromatic rings. The van der Waals surface area contributed by atoms with Gasteiger partial charge in [-0.3, -0.25) is 9.89 Å². The number of likely N-dealkylation sites (N-methyl/N-ethyl adjacent to an activating group) is 1. The summed E-state index contributed by atoms with van der Waals surface area (Å²) >= 11 is 3.31. The quantitative estimate of drug-likeness (QED) is 0.510. The summed E-state index contributed by atoms with van der Waals surface area (Å²) in [5, 5.41) is 6.40. The predicted octanol–water partition coefficient (Wildman–Crippen LogP) is 1.87. The van der Waals surface area contributed by atoms with Crippen molar-refractivity contribution in [3.05, 3.63) is 28.7 Å². The molecular weight excluding hydrogens is 404 g/mol. The minimum absolute atomic E-state index is 0.0276. The SMILES string of the molecule is CCN1CCCC1CNC(=NC)NCCS(=O)(=O)c1ccc(Br)cc1. The monoisotopic (exact) mass is 430 g/mol. The molecular formula is C17H27BrN4O2S. The molecule has 0 spiro atoms. The zero-order valence-corrected chi connectivity index (χ0v) is 17.2. The topological polar surface area (TPSA) is 73.8 Å². The molecule has 1 fully saturated rings. The molecule has 2 N–H and O–H groups in total. The largest absolute Gasteiger partial charge is 0.355 e. The Morgan fingerprint density at radius 1 is 1.32 bits per heavy atom. The normalized spacial score (nSPS) is 19.2. The van der Waals surface area contributed by atoms with Gasteiger partial charge in [0.25, 0.3) is 0 Å². The van der Waals surface area contributed by atoms with Gasteiger partial charge < -0.3 is 10.6 Å². The number of hydrogen-bond acceptors (Lipinski definition) is 4. The van der Waals surface area contributed by atoms with E-state index in [1.165, 1.54) is 12.8 Å². The number of rotatable bonds is 7. The zero-order chi connectivity index (χ0) is 18.3. The van der Waals surface area contributed by atoms with Crippen LogP contribution in [0, 0.1) is 0 Å². The molecule has 1 unspecified atom stereocenters. The Balaban J connectivity index is 1.79. The molecule has 0 saturated carbocycles. The molecule has 1 heterocycles. The summed E-state index contributed by atoms with van der Waals surface area (Å²) in [5.41, 5.74) is 0. The van der Waals surface area contributed by atoms with Crippen LogP contribution in [0.1, 0.15) is 19.8 Å². The van der Waals surface area contributed by atoms with Crippen molar-refractivity contribution in [3.8, 4) is 0 Å². The minimum atomic E-state index is -3.30. The maximum Gasteiger partial charge on any atom is 0.191 e. The highest BCUT2D eigenvalue weighted by molar-refractivity contribution is 9.10. The first-order valence-electron chi connectivity index (χ1n) is 8.63. The van der Waals surface area contributed by atoms with E-state index >= 15 is 0 Å². The van der Waals surface area contributed by atoms with Crippen molar-refractivity contribution in [1.29, 1.82) is 0 Å². The average molecular weight is 431 g/mol. The minimum Gasteiger partial charge on any atom is -0.355 e. The fourth-order valence-electron chi connectivity index (χ4n) is 3.04. The van der Waals surface area contributed by atoms with Crippen LogP contribution >= 0.6 is 15.9 Å². The van der Waals surface area contributed by atoms with Gasteiger partial charge in [-0.25, -0.2) is 8.42 Å². The molecule has 0 bridgehead atoms. The fraction of sp³-hybridized carbons (Fsp3) is 0.588. The van der Waals surface area contributed by atoms with Gasteiger partial charge in [0.1, 0.15) is 0 Å². The molecule has 140 valence electrons. The Hall–Kier alpha value is -1.12. The second kappa shape index (κ2) is 9.54. The van der Waals surface area contributed by atoms with Crippen LogP contribution in [0.5, 0.6) is 0 Å². The molecule has 6 nitrogen and oxygen atoms in total. The lowest BCUT2D eigenvalue weighted by Crippen LogP contribution is -2.45. The second-order valence-corrected chi connectivity index (χ2v) is 9.10. The number of halogens is 1. The number of hydrogen-bond donors (Lipinski definition) is 2. The summed E-state index contributed by atoms with van der Waals surface area (Å²) in [7, 11) is -1.60. The van der Waals surface area contributed by atoms with E-state index in [2.05, 4.69) is 43.4 Å². The van der Waals surface area contributed by atoms with Crippen molar-refractivity contribution in [2.24, 2.45) is 4.99 Å². The van der Waals surface area contributed by atoms with Crippen molar-refractivity contribution < 1.29 is 8.42 Å². The van der Waals surface area contributed by atoms with Gasteiger partial charge in [0.15, 0.2) is 15.8 Å². The third kappa shape index (κ3) is 5.97. The molecule has 1 aromatic carbocycles. The highest BCUT2D eigenvalue weighted by Crippen LogP contribution is 2.16. The fourth-order valence-corrected chi connectivity index (χ4v) is 4.46. The molecule has 8 heteroatoms. The molecule has 2 rings (SSSR count). The Morgan fingerprint density at radius 3 is 2.68 bits per heavy atom. The third-order valence-corrected chi connectivity index (χ3v) is 6.73. The Bertz CT molecular complexity index is 676. The number of nitrogens with one attached hydrogen (secondary N) is 2. The van der Waals surface area contributed by atoms with Gasteiger partial charge in [-0.1, -0.05) is 22.9 Å². The number of likely N-dealkylation sites (tertiary alicyclic amines) is 1. The molecule has 0 amide bonds. The maximum atomic E-state index is 12.3. The summed E-state index contributed by atoms with van der Waals surface area (Å²) in [5.74, 6) is 0.675. The second-order valence-electron chi connectivity index (χ2n) is 6.08. The summed E-state index contributed by atoms with van der Waals surface area (Å²) < 4.78 is 25.5. The van der Waals surface area contributed by atoms with Gasteiger partial charge >= 0.3 is 0 Å². The highest BCUT2D eigenvalue weighted by atomic mass is 79.9. The van der Waals surface area contributed by atoms with Crippen LogP contribution in [0.15, 0.2) is 38.6 Å². The van der Waals surface area contributed by atoms with E-state index in [0.29, 0.717) is 23.4 Å². The first-order chi connectivity index (χ1) is 12.0. The summed E-state index contributed by atoms with van der Waals surface area (Å²) in [6, 6.07) is 7.23. The van der Waals surface area contributed by atoms with Gasteiger partial charge in [-0.05, 0) is 50.2 Å². The number of aliphatic imine (C=N–C) groups is 1. The van der Waals surface area contributed by atoms with E-state index in [-0.39, 0.29) is 5.75 Å². The molecule has 0 radical (unpaired) electrons. The van der Waals surface area contributed by atoms with E-state index in [1.807, 2.05) is 0 Å². The maximum absolute atomic E-state index is 12.3. The van der Waals surface area contributed by atoms with Crippen molar-refractivity contribution >= 4 is 31.7 Å². The third-order valence-electron chi connectivity index (χ3n) is 4.47. The van der Waals surface area contributed by atoms with Crippen molar-refractivity contribution in [3.63, 3.8) is 0 Å². The number of guanidine groups is 1. The molecule has 0 aromatic heterocycles. The molecule has 1 saturated heterocycles. The van der Waals surface area contributed by atoms with Crippen molar-refractivity contribution in [2.45, 2.75) is 30.7 Å². The van der Waals surface area contributed by atoms with Gasteiger partial charge in [0.2, 0.25) is 0 Å². The smallest absolute Gasteiger partial charge is 0.191 e. The zero-order valence-electron chi connectivity index (χ0n) is 14.8. The lowest BCUT2D eigenvalue weighted by molar-refractivity contribution is 0.267. The van der Waals surface area contributed by atoms with Crippen LogP contribution in [0.2, 0.25) is 0 Å². The molecule has 1 aliphatic rings. The van der Waals surface area contributed by atoms with Gasteiger partial charge in [-0.2, -0.15) is 0 Å². The van der Waals surface area contributed by atoms with E-state index in [1.54, 1.807) is 31.3 Å². The summed E-state index contributed by atoms with van der Waals surface area (Å²) in [4.78, 5) is 6.97.